The van der Waals surface area contributed by atoms with Crippen molar-refractivity contribution in [3.05, 3.63) is 34.6 Å². The van der Waals surface area contributed by atoms with Gasteiger partial charge in [0.25, 0.3) is 0 Å². The number of hydrogen-bond acceptors (Lipinski definition) is 3. The summed E-state index contributed by atoms with van der Waals surface area (Å²) >= 11 is 0. The molecule has 1 aliphatic rings. The molecule has 0 aromatic heterocycles. The first-order valence-electron chi connectivity index (χ1n) is 6.79. The molecule has 0 radical (unpaired) electrons. The number of hydrogen-bond donors (Lipinski definition) is 2. The Morgan fingerprint density at radius 2 is 2.11 bits per heavy atom. The Balaban J connectivity index is 2.27. The van der Waals surface area contributed by atoms with E-state index in [2.05, 4.69) is 5.43 Å². The standard InChI is InChI=1S/C15H23FN2O/c1-10-7-11(2)14(12(16)8-10)13(18-17)9-15(19-3)5-4-6-15/h7-8,13,18H,4-6,9,17H2,1-3H3. The van der Waals surface area contributed by atoms with Gasteiger partial charge < -0.3 is 4.74 Å². The number of rotatable bonds is 5. The third-order valence-corrected chi connectivity index (χ3v) is 4.30. The molecule has 1 aromatic rings. The molecule has 0 aliphatic heterocycles. The smallest absolute Gasteiger partial charge is 0.128 e. The normalized spacial score (nSPS) is 19.0. The maximum absolute atomic E-state index is 14.2. The summed E-state index contributed by atoms with van der Waals surface area (Å²) in [6, 6.07) is 3.34. The number of nitrogens with two attached hydrogens (primary N) is 1. The van der Waals surface area contributed by atoms with Gasteiger partial charge in [0.15, 0.2) is 0 Å². The van der Waals surface area contributed by atoms with Crippen LogP contribution in [0.3, 0.4) is 0 Å². The summed E-state index contributed by atoms with van der Waals surface area (Å²) in [4.78, 5) is 0. The Morgan fingerprint density at radius 3 is 2.53 bits per heavy atom. The highest BCUT2D eigenvalue weighted by Gasteiger charge is 2.39. The van der Waals surface area contributed by atoms with Crippen LogP contribution in [0.15, 0.2) is 12.1 Å². The maximum Gasteiger partial charge on any atom is 0.128 e. The van der Waals surface area contributed by atoms with Crippen molar-refractivity contribution in [1.29, 1.82) is 0 Å². The van der Waals surface area contributed by atoms with Gasteiger partial charge in [0.2, 0.25) is 0 Å². The number of halogens is 1. The van der Waals surface area contributed by atoms with E-state index in [0.717, 1.165) is 24.0 Å². The minimum absolute atomic E-state index is 0.138. The predicted molar refractivity (Wildman–Crippen MR) is 74.1 cm³/mol. The Labute approximate surface area is 114 Å². The van der Waals surface area contributed by atoms with Gasteiger partial charge in [-0.25, -0.2) is 4.39 Å². The van der Waals surface area contributed by atoms with Crippen molar-refractivity contribution in [2.24, 2.45) is 5.84 Å². The minimum atomic E-state index is -0.208. The number of methoxy groups -OCH3 is 1. The lowest BCUT2D eigenvalue weighted by Crippen LogP contribution is -2.44. The number of aryl methyl sites for hydroxylation is 2. The average Bonchev–Trinajstić information content (AvgIpc) is 2.30. The molecule has 0 saturated heterocycles. The van der Waals surface area contributed by atoms with E-state index >= 15 is 0 Å². The van der Waals surface area contributed by atoms with Gasteiger partial charge in [-0.3, -0.25) is 11.3 Å². The highest BCUT2D eigenvalue weighted by atomic mass is 19.1. The highest BCUT2D eigenvalue weighted by molar-refractivity contribution is 5.34. The fourth-order valence-electron chi connectivity index (χ4n) is 3.05. The number of ether oxygens (including phenoxy) is 1. The van der Waals surface area contributed by atoms with Crippen LogP contribution in [0.4, 0.5) is 4.39 Å². The zero-order chi connectivity index (χ0) is 14.0. The van der Waals surface area contributed by atoms with Crippen molar-refractivity contribution in [3.8, 4) is 0 Å². The van der Waals surface area contributed by atoms with Gasteiger partial charge in [0.1, 0.15) is 5.82 Å². The molecular weight excluding hydrogens is 243 g/mol. The Bertz CT molecular complexity index is 429. The lowest BCUT2D eigenvalue weighted by Gasteiger charge is -2.43. The molecule has 1 aromatic carbocycles. The van der Waals surface area contributed by atoms with Gasteiger partial charge in [-0.2, -0.15) is 0 Å². The molecule has 3 nitrogen and oxygen atoms in total. The quantitative estimate of drug-likeness (QED) is 0.636. The number of nitrogens with one attached hydrogen (secondary N) is 1. The third-order valence-electron chi connectivity index (χ3n) is 4.30. The summed E-state index contributed by atoms with van der Waals surface area (Å²) in [5.74, 6) is 5.46. The summed E-state index contributed by atoms with van der Waals surface area (Å²) in [7, 11) is 1.73. The van der Waals surface area contributed by atoms with Gasteiger partial charge in [-0.1, -0.05) is 6.07 Å². The van der Waals surface area contributed by atoms with E-state index in [-0.39, 0.29) is 17.5 Å². The van der Waals surface area contributed by atoms with E-state index in [0.29, 0.717) is 12.0 Å². The first-order chi connectivity index (χ1) is 9.01. The van der Waals surface area contributed by atoms with Crippen molar-refractivity contribution < 1.29 is 9.13 Å². The second kappa shape index (κ2) is 5.57. The molecule has 0 spiro atoms. The number of hydrazine groups is 1. The highest BCUT2D eigenvalue weighted by Crippen LogP contribution is 2.42. The van der Waals surface area contributed by atoms with Crippen molar-refractivity contribution in [3.63, 3.8) is 0 Å². The van der Waals surface area contributed by atoms with Crippen LogP contribution in [0.1, 0.15) is 48.4 Å². The van der Waals surface area contributed by atoms with Gasteiger partial charge in [0, 0.05) is 12.7 Å². The van der Waals surface area contributed by atoms with E-state index in [9.17, 15) is 4.39 Å². The summed E-state index contributed by atoms with van der Waals surface area (Å²) in [5.41, 5.74) is 5.15. The molecule has 1 fully saturated rings. The Hall–Kier alpha value is -0.970. The lowest BCUT2D eigenvalue weighted by atomic mass is 9.74. The largest absolute Gasteiger partial charge is 0.378 e. The van der Waals surface area contributed by atoms with Crippen LogP contribution in [0.25, 0.3) is 0 Å². The molecular formula is C15H23FN2O. The second-order valence-electron chi connectivity index (χ2n) is 5.64. The molecule has 0 bridgehead atoms. The molecule has 1 unspecified atom stereocenters. The van der Waals surface area contributed by atoms with E-state index in [1.165, 1.54) is 6.42 Å². The maximum atomic E-state index is 14.2. The molecule has 106 valence electrons. The minimum Gasteiger partial charge on any atom is -0.378 e. The topological polar surface area (TPSA) is 47.3 Å². The first-order valence-corrected chi connectivity index (χ1v) is 6.79. The Morgan fingerprint density at radius 1 is 1.42 bits per heavy atom. The summed E-state index contributed by atoms with van der Waals surface area (Å²) < 4.78 is 19.8. The number of benzene rings is 1. The third kappa shape index (κ3) is 2.81. The van der Waals surface area contributed by atoms with Crippen LogP contribution in [-0.2, 0) is 4.74 Å². The fraction of sp³-hybridized carbons (Fsp3) is 0.600. The van der Waals surface area contributed by atoms with E-state index in [1.807, 2.05) is 19.9 Å². The van der Waals surface area contributed by atoms with Crippen LogP contribution in [0.5, 0.6) is 0 Å². The van der Waals surface area contributed by atoms with E-state index in [1.54, 1.807) is 13.2 Å². The first kappa shape index (κ1) is 14.4. The zero-order valence-electron chi connectivity index (χ0n) is 11.9. The average molecular weight is 266 g/mol. The van der Waals surface area contributed by atoms with Gasteiger partial charge >= 0.3 is 0 Å². The van der Waals surface area contributed by atoms with Crippen molar-refractivity contribution >= 4 is 0 Å². The summed E-state index contributed by atoms with van der Waals surface area (Å²) in [6.45, 7) is 3.82. The van der Waals surface area contributed by atoms with Crippen LogP contribution in [0.2, 0.25) is 0 Å². The zero-order valence-corrected chi connectivity index (χ0v) is 11.9. The second-order valence-corrected chi connectivity index (χ2v) is 5.64. The SMILES string of the molecule is COC1(CC(NN)c2c(C)cc(C)cc2F)CCC1. The molecule has 0 amide bonds. The molecule has 1 saturated carbocycles. The van der Waals surface area contributed by atoms with Crippen LogP contribution in [0, 0.1) is 19.7 Å². The monoisotopic (exact) mass is 266 g/mol. The fourth-order valence-corrected chi connectivity index (χ4v) is 3.05. The van der Waals surface area contributed by atoms with Crippen LogP contribution < -0.4 is 11.3 Å². The van der Waals surface area contributed by atoms with Crippen LogP contribution >= 0.6 is 0 Å². The van der Waals surface area contributed by atoms with E-state index in [4.69, 9.17) is 10.6 Å². The molecule has 0 heterocycles. The molecule has 4 heteroatoms. The van der Waals surface area contributed by atoms with Gasteiger partial charge in [0.05, 0.1) is 11.6 Å². The summed E-state index contributed by atoms with van der Waals surface area (Å²) in [6.07, 6.45) is 3.92. The Kier molecular flexibility index (Phi) is 4.23. The van der Waals surface area contributed by atoms with E-state index < -0.39 is 0 Å². The van der Waals surface area contributed by atoms with Crippen molar-refractivity contribution in [2.75, 3.05) is 7.11 Å². The predicted octanol–water partition coefficient (Wildman–Crippen LogP) is 2.91. The van der Waals surface area contributed by atoms with Crippen molar-refractivity contribution in [1.82, 2.24) is 5.43 Å². The molecule has 2 rings (SSSR count). The summed E-state index contributed by atoms with van der Waals surface area (Å²) in [5, 5.41) is 0. The lowest BCUT2D eigenvalue weighted by molar-refractivity contribution is -0.0840. The van der Waals surface area contributed by atoms with Crippen LogP contribution in [-0.4, -0.2) is 12.7 Å². The molecule has 3 N–H and O–H groups in total. The van der Waals surface area contributed by atoms with Gasteiger partial charge in [-0.15, -0.1) is 0 Å². The molecule has 1 atom stereocenters. The molecule has 1 aliphatic carbocycles. The van der Waals surface area contributed by atoms with Crippen molar-refractivity contribution in [2.45, 2.75) is 51.2 Å². The van der Waals surface area contributed by atoms with Gasteiger partial charge in [-0.05, 0) is 56.7 Å². The molecule has 19 heavy (non-hydrogen) atoms.